The summed E-state index contributed by atoms with van der Waals surface area (Å²) >= 11 is 7.30. The maximum absolute atomic E-state index is 6.03. The van der Waals surface area contributed by atoms with E-state index in [1.54, 1.807) is 0 Å². The normalized spacial score (nSPS) is 22.1. The van der Waals surface area contributed by atoms with Crippen molar-refractivity contribution in [2.75, 3.05) is 27.2 Å². The number of likely N-dealkylation sites (N-methyl/N-ethyl adjacent to an activating group) is 1. The zero-order valence-corrected chi connectivity index (χ0v) is 11.3. The van der Waals surface area contributed by atoms with Gasteiger partial charge in [-0.1, -0.05) is 16.1 Å². The lowest BCUT2D eigenvalue weighted by Crippen LogP contribution is -2.37. The van der Waals surface area contributed by atoms with Crippen LogP contribution in [0.2, 0.25) is 4.34 Å². The Morgan fingerprint density at radius 3 is 3.00 bits per heavy atom. The van der Waals surface area contributed by atoms with Crippen LogP contribution in [-0.2, 0) is 6.54 Å². The Labute approximate surface area is 105 Å². The van der Waals surface area contributed by atoms with Crippen LogP contribution in [0.5, 0.6) is 0 Å². The summed E-state index contributed by atoms with van der Waals surface area (Å²) in [5, 5.41) is 4.07. The topological polar surface area (TPSA) is 32.3 Å². The van der Waals surface area contributed by atoms with Crippen molar-refractivity contribution < 1.29 is 0 Å². The number of aromatic nitrogens is 2. The second-order valence-corrected chi connectivity index (χ2v) is 5.88. The molecule has 0 amide bonds. The van der Waals surface area contributed by atoms with Crippen molar-refractivity contribution in [2.45, 2.75) is 25.4 Å². The average Bonchev–Trinajstić information content (AvgIpc) is 2.78. The molecule has 0 bridgehead atoms. The van der Waals surface area contributed by atoms with Gasteiger partial charge in [-0.2, -0.15) is 0 Å². The second kappa shape index (κ2) is 5.40. The summed E-state index contributed by atoms with van der Waals surface area (Å²) in [5.41, 5.74) is 0.928. The lowest BCUT2D eigenvalue weighted by atomic mass is 10.2. The lowest BCUT2D eigenvalue weighted by Gasteiger charge is -2.26. The minimum Gasteiger partial charge on any atom is -0.308 e. The van der Waals surface area contributed by atoms with Crippen molar-refractivity contribution in [1.82, 2.24) is 19.4 Å². The van der Waals surface area contributed by atoms with Crippen LogP contribution >= 0.6 is 23.1 Å². The molecule has 0 spiro atoms. The molecule has 1 fully saturated rings. The summed E-state index contributed by atoms with van der Waals surface area (Å²) in [5.74, 6) is 0. The van der Waals surface area contributed by atoms with Gasteiger partial charge in [-0.05, 0) is 33.5 Å². The number of hydrogen-bond acceptors (Lipinski definition) is 5. The van der Waals surface area contributed by atoms with Gasteiger partial charge in [0.2, 0.25) is 0 Å². The van der Waals surface area contributed by atoms with Gasteiger partial charge in [-0.15, -0.1) is 5.10 Å². The van der Waals surface area contributed by atoms with E-state index in [1.807, 2.05) is 0 Å². The van der Waals surface area contributed by atoms with Gasteiger partial charge in [0, 0.05) is 30.7 Å². The van der Waals surface area contributed by atoms with Crippen molar-refractivity contribution in [1.29, 1.82) is 0 Å². The fourth-order valence-electron chi connectivity index (χ4n) is 2.22. The van der Waals surface area contributed by atoms with Crippen molar-refractivity contribution in [3.8, 4) is 0 Å². The van der Waals surface area contributed by atoms with E-state index in [0.717, 1.165) is 29.7 Å². The molecule has 0 radical (unpaired) electrons. The number of halogens is 1. The van der Waals surface area contributed by atoms with Gasteiger partial charge in [0.05, 0.1) is 0 Å². The maximum Gasteiger partial charge on any atom is 0.138 e. The summed E-state index contributed by atoms with van der Waals surface area (Å²) in [7, 11) is 4.24. The predicted octanol–water partition coefficient (Wildman–Crippen LogP) is 1.72. The standard InChI is InChI=1S/C10H17ClN4S/c1-14(2)6-8-4-3-5-15(8)7-9-10(11)16-13-12-9/h8H,3-7H2,1-2H3. The first-order valence-electron chi connectivity index (χ1n) is 5.52. The molecule has 6 heteroatoms. The van der Waals surface area contributed by atoms with E-state index in [1.165, 1.54) is 24.4 Å². The van der Waals surface area contributed by atoms with Gasteiger partial charge >= 0.3 is 0 Å². The molecule has 1 aliphatic heterocycles. The quantitative estimate of drug-likeness (QED) is 0.825. The minimum atomic E-state index is 0.632. The van der Waals surface area contributed by atoms with Crippen LogP contribution in [0.3, 0.4) is 0 Å². The van der Waals surface area contributed by atoms with E-state index in [4.69, 9.17) is 11.6 Å². The highest BCUT2D eigenvalue weighted by molar-refractivity contribution is 7.10. The molecule has 4 nitrogen and oxygen atoms in total. The van der Waals surface area contributed by atoms with Gasteiger partial charge < -0.3 is 4.90 Å². The van der Waals surface area contributed by atoms with Crippen molar-refractivity contribution in [3.63, 3.8) is 0 Å². The molecule has 1 atom stereocenters. The number of nitrogens with zero attached hydrogens (tertiary/aromatic N) is 4. The second-order valence-electron chi connectivity index (χ2n) is 4.52. The smallest absolute Gasteiger partial charge is 0.138 e. The summed E-state index contributed by atoms with van der Waals surface area (Å²) < 4.78 is 4.60. The fourth-order valence-corrected chi connectivity index (χ4v) is 2.83. The van der Waals surface area contributed by atoms with Gasteiger partial charge in [0.15, 0.2) is 0 Å². The Kier molecular flexibility index (Phi) is 4.13. The Balaban J connectivity index is 1.96. The molecule has 1 aromatic heterocycles. The summed E-state index contributed by atoms with van der Waals surface area (Å²) in [4.78, 5) is 4.70. The van der Waals surface area contributed by atoms with E-state index in [9.17, 15) is 0 Å². The molecule has 2 heterocycles. The van der Waals surface area contributed by atoms with Crippen LogP contribution < -0.4 is 0 Å². The molecular formula is C10H17ClN4S. The molecule has 90 valence electrons. The minimum absolute atomic E-state index is 0.632. The van der Waals surface area contributed by atoms with Gasteiger partial charge in [0.25, 0.3) is 0 Å². The van der Waals surface area contributed by atoms with Crippen molar-refractivity contribution >= 4 is 23.1 Å². The third-order valence-electron chi connectivity index (χ3n) is 2.94. The van der Waals surface area contributed by atoms with E-state index in [0.29, 0.717) is 6.04 Å². The lowest BCUT2D eigenvalue weighted by molar-refractivity contribution is 0.199. The zero-order valence-electron chi connectivity index (χ0n) is 9.69. The van der Waals surface area contributed by atoms with Gasteiger partial charge in [-0.3, -0.25) is 4.90 Å². The van der Waals surface area contributed by atoms with Crippen molar-refractivity contribution in [3.05, 3.63) is 10.0 Å². The van der Waals surface area contributed by atoms with Crippen LogP contribution in [0, 0.1) is 0 Å². The Morgan fingerprint density at radius 1 is 1.56 bits per heavy atom. The molecule has 2 rings (SSSR count). The van der Waals surface area contributed by atoms with Gasteiger partial charge in [0.1, 0.15) is 10.0 Å². The maximum atomic E-state index is 6.03. The van der Waals surface area contributed by atoms with E-state index in [2.05, 4.69) is 33.5 Å². The molecular weight excluding hydrogens is 244 g/mol. The molecule has 0 N–H and O–H groups in total. The summed E-state index contributed by atoms with van der Waals surface area (Å²) in [6.07, 6.45) is 2.54. The van der Waals surface area contributed by atoms with Crippen LogP contribution in [0.25, 0.3) is 0 Å². The van der Waals surface area contributed by atoms with Crippen LogP contribution in [0.15, 0.2) is 0 Å². The van der Waals surface area contributed by atoms with Gasteiger partial charge in [-0.25, -0.2) is 0 Å². The molecule has 1 unspecified atom stereocenters. The largest absolute Gasteiger partial charge is 0.308 e. The fraction of sp³-hybridized carbons (Fsp3) is 0.800. The highest BCUT2D eigenvalue weighted by atomic mass is 35.5. The highest BCUT2D eigenvalue weighted by Crippen LogP contribution is 2.24. The summed E-state index contributed by atoms with van der Waals surface area (Å²) in [6, 6.07) is 0.632. The number of likely N-dealkylation sites (tertiary alicyclic amines) is 1. The van der Waals surface area contributed by atoms with Crippen LogP contribution in [0.1, 0.15) is 18.5 Å². The van der Waals surface area contributed by atoms with Crippen molar-refractivity contribution in [2.24, 2.45) is 0 Å². The van der Waals surface area contributed by atoms with Crippen LogP contribution in [-0.4, -0.2) is 52.6 Å². The number of hydrogen-bond donors (Lipinski definition) is 0. The summed E-state index contributed by atoms with van der Waals surface area (Å²) in [6.45, 7) is 3.09. The SMILES string of the molecule is CN(C)CC1CCCN1Cc1nnsc1Cl. The first kappa shape index (κ1) is 12.2. The average molecular weight is 261 g/mol. The third-order valence-corrected chi connectivity index (χ3v) is 3.92. The highest BCUT2D eigenvalue weighted by Gasteiger charge is 2.26. The molecule has 1 saturated heterocycles. The monoisotopic (exact) mass is 260 g/mol. The zero-order chi connectivity index (χ0) is 11.5. The molecule has 0 saturated carbocycles. The third kappa shape index (κ3) is 2.91. The predicted molar refractivity (Wildman–Crippen MR) is 66.9 cm³/mol. The van der Waals surface area contributed by atoms with E-state index in [-0.39, 0.29) is 0 Å². The first-order chi connectivity index (χ1) is 7.66. The molecule has 0 aromatic carbocycles. The van der Waals surface area contributed by atoms with E-state index >= 15 is 0 Å². The van der Waals surface area contributed by atoms with Crippen LogP contribution in [0.4, 0.5) is 0 Å². The molecule has 1 aromatic rings. The molecule has 0 aliphatic carbocycles. The number of rotatable bonds is 4. The Bertz CT molecular complexity index is 341. The Morgan fingerprint density at radius 2 is 2.38 bits per heavy atom. The Hall–Kier alpha value is -0.230. The first-order valence-corrected chi connectivity index (χ1v) is 6.67. The van der Waals surface area contributed by atoms with E-state index < -0.39 is 0 Å². The molecule has 16 heavy (non-hydrogen) atoms. The molecule has 1 aliphatic rings.